The molecule has 106 valence electrons. The zero-order valence-corrected chi connectivity index (χ0v) is 13.6. The van der Waals surface area contributed by atoms with Crippen molar-refractivity contribution in [2.24, 2.45) is 4.99 Å². The highest BCUT2D eigenvalue weighted by molar-refractivity contribution is 8.17. The SMILES string of the molecule is C=C(C)CC1=C(c2csc3ccccc23)N2CCN=C2S1. The van der Waals surface area contributed by atoms with Gasteiger partial charge in [0, 0.05) is 38.9 Å². The van der Waals surface area contributed by atoms with E-state index in [1.165, 1.54) is 31.8 Å². The third kappa shape index (κ3) is 2.14. The van der Waals surface area contributed by atoms with E-state index in [1.54, 1.807) is 0 Å². The van der Waals surface area contributed by atoms with Crippen molar-refractivity contribution in [2.45, 2.75) is 13.3 Å². The van der Waals surface area contributed by atoms with Gasteiger partial charge in [0.2, 0.25) is 0 Å². The maximum atomic E-state index is 4.63. The Kier molecular flexibility index (Phi) is 3.16. The van der Waals surface area contributed by atoms with E-state index < -0.39 is 0 Å². The van der Waals surface area contributed by atoms with Crippen LogP contribution in [-0.2, 0) is 0 Å². The summed E-state index contributed by atoms with van der Waals surface area (Å²) in [7, 11) is 0. The molecule has 0 spiro atoms. The monoisotopic (exact) mass is 312 g/mol. The van der Waals surface area contributed by atoms with Gasteiger partial charge in [0.1, 0.15) is 0 Å². The molecular formula is C17H16N2S2. The highest BCUT2D eigenvalue weighted by Gasteiger charge is 2.33. The van der Waals surface area contributed by atoms with Gasteiger partial charge in [-0.15, -0.1) is 11.3 Å². The minimum Gasteiger partial charge on any atom is -0.318 e. The van der Waals surface area contributed by atoms with Crippen LogP contribution in [0.3, 0.4) is 0 Å². The van der Waals surface area contributed by atoms with Crippen molar-refractivity contribution in [3.63, 3.8) is 0 Å². The van der Waals surface area contributed by atoms with Crippen LogP contribution in [0, 0.1) is 0 Å². The molecule has 4 rings (SSSR count). The average molecular weight is 312 g/mol. The lowest BCUT2D eigenvalue weighted by Gasteiger charge is -2.17. The number of allylic oxidation sites excluding steroid dienone is 2. The number of hydrogen-bond donors (Lipinski definition) is 0. The van der Waals surface area contributed by atoms with Crippen LogP contribution in [0.2, 0.25) is 0 Å². The molecular weight excluding hydrogens is 296 g/mol. The largest absolute Gasteiger partial charge is 0.318 e. The standard InChI is InChI=1S/C17H16N2S2/c1-11(2)9-15-16(19-8-7-18-17(19)21-15)13-10-20-14-6-4-3-5-12(13)14/h3-6,10H,1,7-9H2,2H3. The Balaban J connectivity index is 1.89. The van der Waals surface area contributed by atoms with Gasteiger partial charge in [-0.05, 0) is 13.0 Å². The van der Waals surface area contributed by atoms with E-state index in [0.717, 1.165) is 24.7 Å². The summed E-state index contributed by atoms with van der Waals surface area (Å²) >= 11 is 3.65. The molecule has 2 aliphatic rings. The van der Waals surface area contributed by atoms with Crippen molar-refractivity contribution < 1.29 is 0 Å². The number of hydrogen-bond acceptors (Lipinski definition) is 4. The first-order valence-electron chi connectivity index (χ1n) is 7.08. The molecule has 0 fully saturated rings. The van der Waals surface area contributed by atoms with Crippen molar-refractivity contribution in [3.8, 4) is 0 Å². The summed E-state index contributed by atoms with van der Waals surface area (Å²) in [6.07, 6.45) is 0.944. The summed E-state index contributed by atoms with van der Waals surface area (Å²) in [4.78, 5) is 8.41. The molecule has 21 heavy (non-hydrogen) atoms. The summed E-state index contributed by atoms with van der Waals surface area (Å²) in [5.41, 5.74) is 3.92. The fourth-order valence-electron chi connectivity index (χ4n) is 2.88. The number of amidine groups is 1. The number of thiophene rings is 1. The molecule has 1 aromatic heterocycles. The van der Waals surface area contributed by atoms with Gasteiger partial charge in [0.25, 0.3) is 0 Å². The molecule has 4 heteroatoms. The summed E-state index contributed by atoms with van der Waals surface area (Å²) in [5.74, 6) is 0. The van der Waals surface area contributed by atoms with Crippen molar-refractivity contribution in [1.29, 1.82) is 0 Å². The van der Waals surface area contributed by atoms with Crippen molar-refractivity contribution in [2.75, 3.05) is 13.1 Å². The number of nitrogens with zero attached hydrogens (tertiary/aromatic N) is 2. The van der Waals surface area contributed by atoms with E-state index >= 15 is 0 Å². The van der Waals surface area contributed by atoms with Crippen LogP contribution in [0.5, 0.6) is 0 Å². The molecule has 2 aliphatic heterocycles. The van der Waals surface area contributed by atoms with Gasteiger partial charge in [-0.3, -0.25) is 4.99 Å². The summed E-state index contributed by atoms with van der Waals surface area (Å²) in [6.45, 7) is 8.10. The highest BCUT2D eigenvalue weighted by Crippen LogP contribution is 2.46. The van der Waals surface area contributed by atoms with Crippen LogP contribution in [0.25, 0.3) is 15.8 Å². The number of benzene rings is 1. The average Bonchev–Trinajstić information content (AvgIpc) is 3.12. The van der Waals surface area contributed by atoms with Crippen molar-refractivity contribution in [3.05, 3.63) is 52.3 Å². The van der Waals surface area contributed by atoms with Crippen LogP contribution < -0.4 is 0 Å². The summed E-state index contributed by atoms with van der Waals surface area (Å²) in [6, 6.07) is 8.66. The van der Waals surface area contributed by atoms with Gasteiger partial charge < -0.3 is 4.90 Å². The van der Waals surface area contributed by atoms with Crippen LogP contribution >= 0.6 is 23.1 Å². The first-order valence-corrected chi connectivity index (χ1v) is 8.77. The Labute approximate surface area is 132 Å². The van der Waals surface area contributed by atoms with Crippen LogP contribution in [0.1, 0.15) is 18.9 Å². The summed E-state index contributed by atoms with van der Waals surface area (Å²) < 4.78 is 1.35. The number of fused-ring (bicyclic) bond motifs is 2. The van der Waals surface area contributed by atoms with Crippen molar-refractivity contribution in [1.82, 2.24) is 4.90 Å². The Hall–Kier alpha value is -1.52. The minimum atomic E-state index is 0.911. The second kappa shape index (κ2) is 5.04. The topological polar surface area (TPSA) is 15.6 Å². The van der Waals surface area contributed by atoms with Gasteiger partial charge in [-0.25, -0.2) is 0 Å². The second-order valence-corrected chi connectivity index (χ2v) is 7.44. The molecule has 0 unspecified atom stereocenters. The Morgan fingerprint density at radius 3 is 3.10 bits per heavy atom. The van der Waals surface area contributed by atoms with Gasteiger partial charge in [-0.1, -0.05) is 42.1 Å². The molecule has 2 nitrogen and oxygen atoms in total. The maximum Gasteiger partial charge on any atom is 0.168 e. The van der Waals surface area contributed by atoms with Crippen molar-refractivity contribution >= 4 is 44.0 Å². The van der Waals surface area contributed by atoms with Gasteiger partial charge in [-0.2, -0.15) is 0 Å². The molecule has 2 aromatic rings. The van der Waals surface area contributed by atoms with E-state index in [1.807, 2.05) is 23.1 Å². The van der Waals surface area contributed by atoms with E-state index in [2.05, 4.69) is 53.0 Å². The van der Waals surface area contributed by atoms with Gasteiger partial charge in [0.15, 0.2) is 5.17 Å². The Bertz CT molecular complexity index is 798. The highest BCUT2D eigenvalue weighted by atomic mass is 32.2. The second-order valence-electron chi connectivity index (χ2n) is 5.47. The molecule has 0 radical (unpaired) electrons. The number of rotatable bonds is 3. The molecule has 3 heterocycles. The lowest BCUT2D eigenvalue weighted by molar-refractivity contribution is 0.648. The molecule has 0 N–H and O–H groups in total. The van der Waals surface area contributed by atoms with E-state index in [0.29, 0.717) is 0 Å². The quantitative estimate of drug-likeness (QED) is 0.745. The fourth-order valence-corrected chi connectivity index (χ4v) is 5.13. The smallest absolute Gasteiger partial charge is 0.168 e. The van der Waals surface area contributed by atoms with E-state index in [4.69, 9.17) is 0 Å². The molecule has 0 saturated heterocycles. The maximum absolute atomic E-state index is 4.63. The molecule has 0 amide bonds. The van der Waals surface area contributed by atoms with E-state index in [-0.39, 0.29) is 0 Å². The molecule has 0 atom stereocenters. The Morgan fingerprint density at radius 2 is 2.24 bits per heavy atom. The zero-order chi connectivity index (χ0) is 14.4. The normalized spacial score (nSPS) is 17.6. The predicted molar refractivity (Wildman–Crippen MR) is 94.8 cm³/mol. The minimum absolute atomic E-state index is 0.911. The van der Waals surface area contributed by atoms with Crippen LogP contribution in [0.15, 0.2) is 51.7 Å². The lowest BCUT2D eigenvalue weighted by Crippen LogP contribution is -2.19. The van der Waals surface area contributed by atoms with Crippen LogP contribution in [-0.4, -0.2) is 23.2 Å². The predicted octanol–water partition coefficient (Wildman–Crippen LogP) is 4.95. The van der Waals surface area contributed by atoms with Gasteiger partial charge in [0.05, 0.1) is 12.2 Å². The van der Waals surface area contributed by atoms with E-state index in [9.17, 15) is 0 Å². The number of thioether (sulfide) groups is 1. The molecule has 0 bridgehead atoms. The lowest BCUT2D eigenvalue weighted by atomic mass is 10.1. The third-order valence-corrected chi connectivity index (χ3v) is 5.83. The first kappa shape index (κ1) is 13.2. The molecule has 0 saturated carbocycles. The molecule has 0 aliphatic carbocycles. The van der Waals surface area contributed by atoms with Gasteiger partial charge >= 0.3 is 0 Å². The number of aliphatic imine (C=N–C) groups is 1. The zero-order valence-electron chi connectivity index (χ0n) is 11.9. The summed E-state index contributed by atoms with van der Waals surface area (Å²) in [5, 5.41) is 4.81. The molecule has 1 aromatic carbocycles. The van der Waals surface area contributed by atoms with Crippen LogP contribution in [0.4, 0.5) is 0 Å². The fraction of sp³-hybridized carbons (Fsp3) is 0.235. The first-order chi connectivity index (χ1) is 10.2. The Morgan fingerprint density at radius 1 is 1.38 bits per heavy atom. The third-order valence-electron chi connectivity index (χ3n) is 3.75.